The molecule has 2 aromatic carbocycles. The lowest BCUT2D eigenvalue weighted by molar-refractivity contribution is -0.151. The Labute approximate surface area is 270 Å². The third kappa shape index (κ3) is 6.26. The third-order valence-corrected chi connectivity index (χ3v) is 8.58. The van der Waals surface area contributed by atoms with Crippen molar-refractivity contribution in [2.45, 2.75) is 51.6 Å². The van der Waals surface area contributed by atoms with E-state index in [1.165, 1.54) is 11.1 Å². The van der Waals surface area contributed by atoms with Crippen molar-refractivity contribution in [3.63, 3.8) is 0 Å². The third-order valence-electron chi connectivity index (χ3n) is 8.14. The van der Waals surface area contributed by atoms with Gasteiger partial charge in [-0.25, -0.2) is 9.88 Å². The summed E-state index contributed by atoms with van der Waals surface area (Å²) in [6.07, 6.45) is 2.81. The molecule has 1 saturated heterocycles. The Bertz CT molecular complexity index is 1680. The molecule has 0 spiro atoms. The van der Waals surface area contributed by atoms with Gasteiger partial charge < -0.3 is 15.0 Å². The number of nitrogens with one attached hydrogen (secondary N) is 1. The highest BCUT2D eigenvalue weighted by Crippen LogP contribution is 2.43. The molecule has 3 amide bonds. The molecule has 1 fully saturated rings. The zero-order valence-corrected chi connectivity index (χ0v) is 26.6. The number of carbonyl (C=O) groups is 4. The van der Waals surface area contributed by atoms with Crippen LogP contribution in [0.4, 0.5) is 11.6 Å². The SMILES string of the molecule is CCOC(=O)[C@@H]1CCCN(C(=O)[C@H](C)NC(=O)c2cnc3n2[C@](C)(Cc2ccc(C#N)cc2)C(=O)N3c2cc(Cl)cc(Cl)c2)C1. The molecule has 0 radical (unpaired) electrons. The number of benzene rings is 2. The van der Waals surface area contributed by atoms with Crippen molar-refractivity contribution >= 4 is 58.5 Å². The van der Waals surface area contributed by atoms with Crippen LogP contribution in [0.1, 0.15) is 55.2 Å². The van der Waals surface area contributed by atoms with Gasteiger partial charge in [0.05, 0.1) is 36.0 Å². The summed E-state index contributed by atoms with van der Waals surface area (Å²) in [6.45, 7) is 5.97. The fourth-order valence-electron chi connectivity index (χ4n) is 5.96. The zero-order chi connectivity index (χ0) is 32.5. The molecule has 0 saturated carbocycles. The Hall–Kier alpha value is -4.40. The Morgan fingerprint density at radius 3 is 2.51 bits per heavy atom. The Morgan fingerprint density at radius 1 is 1.18 bits per heavy atom. The molecular weight excluding hydrogens is 619 g/mol. The first-order valence-electron chi connectivity index (χ1n) is 14.6. The largest absolute Gasteiger partial charge is 0.466 e. The smallest absolute Gasteiger partial charge is 0.310 e. The van der Waals surface area contributed by atoms with Gasteiger partial charge in [-0.1, -0.05) is 35.3 Å². The summed E-state index contributed by atoms with van der Waals surface area (Å²) in [7, 11) is 0. The molecule has 234 valence electrons. The lowest BCUT2D eigenvalue weighted by atomic mass is 9.91. The van der Waals surface area contributed by atoms with Crippen molar-refractivity contribution < 1.29 is 23.9 Å². The highest BCUT2D eigenvalue weighted by molar-refractivity contribution is 6.35. The molecule has 3 atom stereocenters. The minimum absolute atomic E-state index is 0.0767. The quantitative estimate of drug-likeness (QED) is 0.351. The molecular formula is C32H32Cl2N6O5. The number of fused-ring (bicyclic) bond motifs is 1. The second-order valence-corrected chi connectivity index (χ2v) is 12.2. The summed E-state index contributed by atoms with van der Waals surface area (Å²) in [5.74, 6) is -1.86. The van der Waals surface area contributed by atoms with Crippen LogP contribution in [0.3, 0.4) is 0 Å². The van der Waals surface area contributed by atoms with Gasteiger partial charge in [0.15, 0.2) is 0 Å². The van der Waals surface area contributed by atoms with E-state index in [9.17, 15) is 24.4 Å². The number of piperidine rings is 1. The fourth-order valence-corrected chi connectivity index (χ4v) is 6.47. The van der Waals surface area contributed by atoms with Crippen molar-refractivity contribution in [3.05, 3.63) is 75.5 Å². The topological polar surface area (TPSA) is 138 Å². The van der Waals surface area contributed by atoms with E-state index in [4.69, 9.17) is 27.9 Å². The molecule has 5 rings (SSSR count). The normalized spacial score (nSPS) is 19.9. The van der Waals surface area contributed by atoms with E-state index in [1.54, 1.807) is 72.7 Å². The summed E-state index contributed by atoms with van der Waals surface area (Å²) in [6, 6.07) is 12.7. The van der Waals surface area contributed by atoms with Crippen molar-refractivity contribution in [2.24, 2.45) is 5.92 Å². The maximum Gasteiger partial charge on any atom is 0.310 e. The summed E-state index contributed by atoms with van der Waals surface area (Å²) in [5, 5.41) is 12.6. The maximum absolute atomic E-state index is 14.2. The molecule has 3 heterocycles. The predicted octanol–water partition coefficient (Wildman–Crippen LogP) is 4.62. The maximum atomic E-state index is 14.2. The Balaban J connectivity index is 1.45. The van der Waals surface area contributed by atoms with Gasteiger partial charge in [0, 0.05) is 29.6 Å². The van der Waals surface area contributed by atoms with Gasteiger partial charge >= 0.3 is 5.97 Å². The van der Waals surface area contributed by atoms with Crippen LogP contribution in [0.25, 0.3) is 0 Å². The molecule has 13 heteroatoms. The van der Waals surface area contributed by atoms with Crippen LogP contribution in [-0.4, -0.2) is 63.9 Å². The number of anilines is 2. The van der Waals surface area contributed by atoms with E-state index in [1.807, 2.05) is 0 Å². The zero-order valence-electron chi connectivity index (χ0n) is 25.0. The van der Waals surface area contributed by atoms with Crippen molar-refractivity contribution in [1.82, 2.24) is 19.8 Å². The molecule has 0 aliphatic carbocycles. The number of esters is 1. The monoisotopic (exact) mass is 650 g/mol. The van der Waals surface area contributed by atoms with Gasteiger partial charge in [0.25, 0.3) is 11.8 Å². The summed E-state index contributed by atoms with van der Waals surface area (Å²) >= 11 is 12.6. The highest BCUT2D eigenvalue weighted by Gasteiger charge is 2.51. The van der Waals surface area contributed by atoms with Gasteiger partial charge in [0.2, 0.25) is 11.9 Å². The number of amides is 3. The average molecular weight is 652 g/mol. The molecule has 1 N–H and O–H groups in total. The van der Waals surface area contributed by atoms with E-state index < -0.39 is 23.4 Å². The molecule has 2 aliphatic heterocycles. The van der Waals surface area contributed by atoms with E-state index in [0.717, 1.165) is 5.56 Å². The first kappa shape index (κ1) is 32.0. The van der Waals surface area contributed by atoms with Gasteiger partial charge in [-0.15, -0.1) is 0 Å². The number of nitrogens with zero attached hydrogens (tertiary/aromatic N) is 5. The van der Waals surface area contributed by atoms with Crippen molar-refractivity contribution in [1.29, 1.82) is 5.26 Å². The molecule has 11 nitrogen and oxygen atoms in total. The number of likely N-dealkylation sites (tertiary alicyclic amines) is 1. The number of nitriles is 1. The number of hydrogen-bond donors (Lipinski definition) is 1. The molecule has 45 heavy (non-hydrogen) atoms. The molecule has 2 aliphatic rings. The van der Waals surface area contributed by atoms with E-state index >= 15 is 0 Å². The van der Waals surface area contributed by atoms with Crippen LogP contribution in [-0.2, 0) is 31.1 Å². The van der Waals surface area contributed by atoms with Gasteiger partial charge in [-0.05, 0) is 69.5 Å². The van der Waals surface area contributed by atoms with Crippen LogP contribution in [0, 0.1) is 17.2 Å². The minimum Gasteiger partial charge on any atom is -0.466 e. The number of hydrogen-bond acceptors (Lipinski definition) is 7. The van der Waals surface area contributed by atoms with Gasteiger partial charge in [-0.3, -0.25) is 23.7 Å². The molecule has 0 bridgehead atoms. The number of rotatable bonds is 8. The Morgan fingerprint density at radius 2 is 1.87 bits per heavy atom. The first-order valence-corrected chi connectivity index (χ1v) is 15.4. The molecule has 3 aromatic rings. The van der Waals surface area contributed by atoms with E-state index in [2.05, 4.69) is 16.4 Å². The van der Waals surface area contributed by atoms with Crippen LogP contribution < -0.4 is 10.2 Å². The molecule has 1 aromatic heterocycles. The number of halogens is 2. The first-order chi connectivity index (χ1) is 21.5. The molecule has 0 unspecified atom stereocenters. The van der Waals surface area contributed by atoms with E-state index in [0.29, 0.717) is 40.7 Å². The standard InChI is InChI=1S/C32H32Cl2N6O5/c1-4-45-29(43)22-6-5-11-38(18-22)28(42)19(2)37-27(41)26-17-36-31-39(25-13-23(33)12-24(34)14-25)30(44)32(3,40(26)31)15-20-7-9-21(16-35)10-8-20/h7-10,12-14,17,19,22H,4-6,11,15,18H2,1-3H3,(H,37,41)/t19-,22+,32+/m0/s1. The van der Waals surface area contributed by atoms with Crippen LogP contribution >= 0.6 is 23.2 Å². The highest BCUT2D eigenvalue weighted by atomic mass is 35.5. The van der Waals surface area contributed by atoms with Crippen LogP contribution in [0.5, 0.6) is 0 Å². The second-order valence-electron chi connectivity index (χ2n) is 11.4. The Kier molecular flexibility index (Phi) is 9.18. The van der Waals surface area contributed by atoms with Gasteiger partial charge in [0.1, 0.15) is 17.3 Å². The van der Waals surface area contributed by atoms with E-state index in [-0.39, 0.29) is 49.0 Å². The predicted molar refractivity (Wildman–Crippen MR) is 167 cm³/mol. The summed E-state index contributed by atoms with van der Waals surface area (Å²) in [5.41, 5.74) is 0.360. The average Bonchev–Trinajstić information content (AvgIpc) is 3.54. The van der Waals surface area contributed by atoms with Crippen LogP contribution in [0.2, 0.25) is 10.0 Å². The number of carbonyl (C=O) groups excluding carboxylic acids is 4. The second kappa shape index (κ2) is 12.9. The van der Waals surface area contributed by atoms with Crippen molar-refractivity contribution in [2.75, 3.05) is 24.6 Å². The van der Waals surface area contributed by atoms with Crippen LogP contribution in [0.15, 0.2) is 48.7 Å². The summed E-state index contributed by atoms with van der Waals surface area (Å²) in [4.78, 5) is 61.1. The minimum atomic E-state index is -1.32. The lowest BCUT2D eigenvalue weighted by Crippen LogP contribution is -2.51. The fraction of sp³-hybridized carbons (Fsp3) is 0.375. The number of ether oxygens (including phenoxy) is 1. The van der Waals surface area contributed by atoms with Crippen molar-refractivity contribution in [3.8, 4) is 6.07 Å². The number of aromatic nitrogens is 2. The van der Waals surface area contributed by atoms with Gasteiger partial charge in [-0.2, -0.15) is 5.26 Å². The lowest BCUT2D eigenvalue weighted by Gasteiger charge is -2.33. The number of imidazole rings is 1. The summed E-state index contributed by atoms with van der Waals surface area (Å²) < 4.78 is 6.71.